The number of piperazine rings is 1. The summed E-state index contributed by atoms with van der Waals surface area (Å²) in [6, 6.07) is -0.0521. The van der Waals surface area contributed by atoms with Crippen LogP contribution in [0.25, 0.3) is 0 Å². The molecule has 0 bridgehead atoms. The maximum Gasteiger partial charge on any atom is 0.236 e. The van der Waals surface area contributed by atoms with Crippen LogP contribution in [0.1, 0.15) is 20.8 Å². The molecule has 1 atom stereocenters. The van der Waals surface area contributed by atoms with Gasteiger partial charge in [0.25, 0.3) is 0 Å². The number of hydrogen-bond acceptors (Lipinski definition) is 2. The fraction of sp³-hybridized carbons (Fsp3) is 0.857. The van der Waals surface area contributed by atoms with Gasteiger partial charge in [-0.2, -0.15) is 0 Å². The molecule has 0 unspecified atom stereocenters. The Hall–Kier alpha value is -0.570. The minimum atomic E-state index is -0.0521. The third-order valence-corrected chi connectivity index (χ3v) is 1.71. The highest BCUT2D eigenvalue weighted by atomic mass is 16.2. The van der Waals surface area contributed by atoms with Gasteiger partial charge in [0.2, 0.25) is 5.91 Å². The molecule has 3 heteroatoms. The van der Waals surface area contributed by atoms with E-state index < -0.39 is 0 Å². The molecule has 1 aliphatic heterocycles. The van der Waals surface area contributed by atoms with Gasteiger partial charge in [-0.05, 0) is 20.8 Å². The van der Waals surface area contributed by atoms with Crippen molar-refractivity contribution in [2.24, 2.45) is 0 Å². The number of rotatable bonds is 0. The highest BCUT2D eigenvalue weighted by Gasteiger charge is 2.28. The summed E-state index contributed by atoms with van der Waals surface area (Å²) in [5, 5.41) is 6.01. The fourth-order valence-electron chi connectivity index (χ4n) is 1.16. The Labute approximate surface area is 61.2 Å². The zero-order valence-electron chi connectivity index (χ0n) is 6.69. The maximum atomic E-state index is 10.9. The molecule has 1 heterocycles. The average Bonchev–Trinajstić information content (AvgIpc) is 1.79. The number of nitrogens with one attached hydrogen (secondary N) is 2. The Balaban J connectivity index is 2.57. The Morgan fingerprint density at radius 3 is 2.60 bits per heavy atom. The van der Waals surface area contributed by atoms with E-state index in [2.05, 4.69) is 24.5 Å². The van der Waals surface area contributed by atoms with Crippen LogP contribution in [0.3, 0.4) is 0 Å². The Morgan fingerprint density at radius 2 is 2.20 bits per heavy atom. The van der Waals surface area contributed by atoms with Crippen molar-refractivity contribution >= 4 is 5.91 Å². The maximum absolute atomic E-state index is 10.9. The van der Waals surface area contributed by atoms with Crippen LogP contribution in [0.2, 0.25) is 0 Å². The van der Waals surface area contributed by atoms with Gasteiger partial charge in [-0.25, -0.2) is 0 Å². The summed E-state index contributed by atoms with van der Waals surface area (Å²) < 4.78 is 0. The van der Waals surface area contributed by atoms with Crippen LogP contribution in [0.15, 0.2) is 0 Å². The van der Waals surface area contributed by atoms with Crippen molar-refractivity contribution in [1.82, 2.24) is 10.6 Å². The fourth-order valence-corrected chi connectivity index (χ4v) is 1.16. The lowest BCUT2D eigenvalue weighted by atomic mass is 10.0. The second-order valence-corrected chi connectivity index (χ2v) is 3.47. The Bertz CT molecular complexity index is 154. The molecule has 0 saturated carbocycles. The van der Waals surface area contributed by atoms with Crippen LogP contribution in [-0.4, -0.2) is 24.0 Å². The molecule has 1 saturated heterocycles. The molecule has 0 radical (unpaired) electrons. The molecule has 10 heavy (non-hydrogen) atoms. The first-order valence-corrected chi connectivity index (χ1v) is 3.57. The van der Waals surface area contributed by atoms with Gasteiger partial charge in [0.15, 0.2) is 0 Å². The molecular weight excluding hydrogens is 128 g/mol. The molecule has 1 aliphatic rings. The van der Waals surface area contributed by atoms with Crippen LogP contribution < -0.4 is 10.6 Å². The van der Waals surface area contributed by atoms with E-state index in [0.29, 0.717) is 0 Å². The summed E-state index contributed by atoms with van der Waals surface area (Å²) >= 11 is 0. The first-order chi connectivity index (χ1) is 4.51. The zero-order valence-corrected chi connectivity index (χ0v) is 6.69. The van der Waals surface area contributed by atoms with E-state index in [1.165, 1.54) is 0 Å². The van der Waals surface area contributed by atoms with Crippen LogP contribution in [0.4, 0.5) is 0 Å². The lowest BCUT2D eigenvalue weighted by molar-refractivity contribution is -0.125. The van der Waals surface area contributed by atoms with Crippen molar-refractivity contribution in [1.29, 1.82) is 0 Å². The highest BCUT2D eigenvalue weighted by molar-refractivity contribution is 5.82. The Kier molecular flexibility index (Phi) is 1.68. The standard InChI is InChI=1S/C7H14N2O/c1-5-6(10)8-4-7(2,3)9-5/h5,9H,4H2,1-3H3,(H,8,10)/t5-/m0/s1. The quantitative estimate of drug-likeness (QED) is 0.495. The Morgan fingerprint density at radius 1 is 1.60 bits per heavy atom. The van der Waals surface area contributed by atoms with Crippen LogP contribution in [0, 0.1) is 0 Å². The topological polar surface area (TPSA) is 41.1 Å². The lowest BCUT2D eigenvalue weighted by Gasteiger charge is -2.35. The normalized spacial score (nSPS) is 31.5. The van der Waals surface area contributed by atoms with Crippen molar-refractivity contribution in [2.45, 2.75) is 32.4 Å². The highest BCUT2D eigenvalue weighted by Crippen LogP contribution is 2.06. The predicted molar refractivity (Wildman–Crippen MR) is 39.7 cm³/mol. The molecule has 0 aromatic rings. The van der Waals surface area contributed by atoms with Gasteiger partial charge in [-0.3, -0.25) is 10.1 Å². The van der Waals surface area contributed by atoms with Crippen molar-refractivity contribution in [3.63, 3.8) is 0 Å². The lowest BCUT2D eigenvalue weighted by Crippen LogP contribution is -2.62. The van der Waals surface area contributed by atoms with Crippen LogP contribution >= 0.6 is 0 Å². The van der Waals surface area contributed by atoms with Crippen LogP contribution in [-0.2, 0) is 4.79 Å². The number of carbonyl (C=O) groups excluding carboxylic acids is 1. The molecule has 1 amide bonds. The molecule has 1 fully saturated rings. The first-order valence-electron chi connectivity index (χ1n) is 3.57. The monoisotopic (exact) mass is 142 g/mol. The van der Waals surface area contributed by atoms with Gasteiger partial charge in [-0.1, -0.05) is 0 Å². The van der Waals surface area contributed by atoms with E-state index in [9.17, 15) is 4.79 Å². The number of carbonyl (C=O) groups is 1. The molecule has 58 valence electrons. The van der Waals surface area contributed by atoms with Crippen LogP contribution in [0.5, 0.6) is 0 Å². The summed E-state index contributed by atoms with van der Waals surface area (Å²) in [4.78, 5) is 10.9. The first kappa shape index (κ1) is 7.54. The molecule has 0 aliphatic carbocycles. The molecule has 2 N–H and O–H groups in total. The number of hydrogen-bond donors (Lipinski definition) is 2. The molecule has 0 aromatic heterocycles. The van der Waals surface area contributed by atoms with Crippen molar-refractivity contribution < 1.29 is 4.79 Å². The molecule has 1 rings (SSSR count). The second-order valence-electron chi connectivity index (χ2n) is 3.47. The second kappa shape index (κ2) is 2.23. The van der Waals surface area contributed by atoms with E-state index in [-0.39, 0.29) is 17.5 Å². The summed E-state index contributed by atoms with van der Waals surface area (Å²) in [5.41, 5.74) is 0.0489. The van der Waals surface area contributed by atoms with Crippen molar-refractivity contribution in [3.05, 3.63) is 0 Å². The summed E-state index contributed by atoms with van der Waals surface area (Å²) in [6.45, 7) is 6.73. The number of amides is 1. The molecular formula is C7H14N2O. The predicted octanol–water partition coefficient (Wildman–Crippen LogP) is -0.127. The van der Waals surface area contributed by atoms with Gasteiger partial charge >= 0.3 is 0 Å². The van der Waals surface area contributed by atoms with E-state index in [4.69, 9.17) is 0 Å². The largest absolute Gasteiger partial charge is 0.353 e. The summed E-state index contributed by atoms with van der Waals surface area (Å²) in [5.74, 6) is 0.0966. The van der Waals surface area contributed by atoms with Gasteiger partial charge in [-0.15, -0.1) is 0 Å². The third-order valence-electron chi connectivity index (χ3n) is 1.71. The van der Waals surface area contributed by atoms with E-state index in [0.717, 1.165) is 6.54 Å². The minimum Gasteiger partial charge on any atom is -0.353 e. The SMILES string of the molecule is C[C@@H]1NC(C)(C)CNC1=O. The van der Waals surface area contributed by atoms with Crippen molar-refractivity contribution in [3.8, 4) is 0 Å². The molecule has 0 spiro atoms. The van der Waals surface area contributed by atoms with Gasteiger partial charge in [0.1, 0.15) is 0 Å². The van der Waals surface area contributed by atoms with Gasteiger partial charge < -0.3 is 5.32 Å². The summed E-state index contributed by atoms with van der Waals surface area (Å²) in [6.07, 6.45) is 0. The zero-order chi connectivity index (χ0) is 7.78. The smallest absolute Gasteiger partial charge is 0.236 e. The molecule has 0 aromatic carbocycles. The van der Waals surface area contributed by atoms with E-state index in [1.807, 2.05) is 6.92 Å². The molecule has 3 nitrogen and oxygen atoms in total. The van der Waals surface area contributed by atoms with Crippen molar-refractivity contribution in [2.75, 3.05) is 6.54 Å². The van der Waals surface area contributed by atoms with Gasteiger partial charge in [0, 0.05) is 12.1 Å². The average molecular weight is 142 g/mol. The summed E-state index contributed by atoms with van der Waals surface area (Å²) in [7, 11) is 0. The minimum absolute atomic E-state index is 0.0489. The third kappa shape index (κ3) is 1.48. The van der Waals surface area contributed by atoms with Gasteiger partial charge in [0.05, 0.1) is 6.04 Å². The van der Waals surface area contributed by atoms with E-state index >= 15 is 0 Å². The van der Waals surface area contributed by atoms with E-state index in [1.54, 1.807) is 0 Å².